The van der Waals surface area contributed by atoms with E-state index in [1.165, 1.54) is 5.56 Å². The number of carbonyl (C=O) groups excluding carboxylic acids is 1. The lowest BCUT2D eigenvalue weighted by Crippen LogP contribution is -2.18. The first kappa shape index (κ1) is 21.0. The molecule has 3 aromatic carbocycles. The Hall–Kier alpha value is -3.24. The summed E-state index contributed by atoms with van der Waals surface area (Å²) in [5.74, 6) is 1.04. The zero-order valence-corrected chi connectivity index (χ0v) is 18.7. The lowest BCUT2D eigenvalue weighted by atomic mass is 10.1. The van der Waals surface area contributed by atoms with Gasteiger partial charge in [-0.3, -0.25) is 4.79 Å². The van der Waals surface area contributed by atoms with Crippen LogP contribution in [0.2, 0.25) is 5.02 Å². The van der Waals surface area contributed by atoms with Crippen LogP contribution in [-0.2, 0) is 13.0 Å². The highest BCUT2D eigenvalue weighted by Gasteiger charge is 2.21. The van der Waals surface area contributed by atoms with Crippen LogP contribution in [0, 0.1) is 6.92 Å². The van der Waals surface area contributed by atoms with Crippen molar-refractivity contribution in [3.8, 4) is 11.5 Å². The molecule has 1 heterocycles. The largest absolute Gasteiger partial charge is 0.455 e. The van der Waals surface area contributed by atoms with Crippen molar-refractivity contribution in [1.82, 2.24) is 4.57 Å². The second-order valence-corrected chi connectivity index (χ2v) is 7.87. The zero-order chi connectivity index (χ0) is 22.0. The van der Waals surface area contributed by atoms with Crippen molar-refractivity contribution in [2.24, 2.45) is 0 Å². The monoisotopic (exact) mass is 432 g/mol. The average molecular weight is 433 g/mol. The van der Waals surface area contributed by atoms with Crippen molar-refractivity contribution in [3.05, 3.63) is 88.6 Å². The summed E-state index contributed by atoms with van der Waals surface area (Å²) in [6.07, 6.45) is 0.955. The molecule has 31 heavy (non-hydrogen) atoms. The molecular weight excluding hydrogens is 408 g/mol. The highest BCUT2D eigenvalue weighted by atomic mass is 35.5. The molecular formula is C26H25ClN2O2. The maximum atomic E-state index is 13.4. The van der Waals surface area contributed by atoms with Crippen LogP contribution >= 0.6 is 11.6 Å². The predicted molar refractivity (Wildman–Crippen MR) is 128 cm³/mol. The molecule has 0 unspecified atom stereocenters. The van der Waals surface area contributed by atoms with Crippen LogP contribution in [0.25, 0.3) is 10.9 Å². The van der Waals surface area contributed by atoms with Gasteiger partial charge in [-0.2, -0.15) is 0 Å². The Balaban J connectivity index is 1.73. The van der Waals surface area contributed by atoms with E-state index in [9.17, 15) is 4.79 Å². The summed E-state index contributed by atoms with van der Waals surface area (Å²) in [6.45, 7) is 6.88. The van der Waals surface area contributed by atoms with E-state index in [0.29, 0.717) is 34.4 Å². The van der Waals surface area contributed by atoms with Gasteiger partial charge in [-0.15, -0.1) is 0 Å². The van der Waals surface area contributed by atoms with E-state index in [4.69, 9.17) is 16.3 Å². The van der Waals surface area contributed by atoms with Crippen molar-refractivity contribution in [2.75, 3.05) is 5.32 Å². The number of amides is 1. The summed E-state index contributed by atoms with van der Waals surface area (Å²) in [5, 5.41) is 4.66. The van der Waals surface area contributed by atoms with E-state index >= 15 is 0 Å². The minimum absolute atomic E-state index is 0.186. The van der Waals surface area contributed by atoms with Gasteiger partial charge in [0.15, 0.2) is 5.75 Å². The smallest absolute Gasteiger partial charge is 0.272 e. The Morgan fingerprint density at radius 3 is 2.52 bits per heavy atom. The lowest BCUT2D eigenvalue weighted by Gasteiger charge is -2.14. The molecule has 0 fully saturated rings. The number of hydrogen-bond donors (Lipinski definition) is 1. The molecule has 0 saturated carbocycles. The first-order valence-electron chi connectivity index (χ1n) is 10.5. The standard InChI is InChI=1S/C26H25ClN2O2/c1-4-18-11-13-23-21(15-18)17(3)25(29(23)5-2)26(30)28-22-16-19(27)12-14-24(22)31-20-9-7-6-8-10-20/h6-16H,4-5H2,1-3H3,(H,28,30). The Bertz CT molecular complexity index is 1250. The number of benzene rings is 3. The second kappa shape index (κ2) is 8.86. The van der Waals surface area contributed by atoms with E-state index in [0.717, 1.165) is 22.9 Å². The maximum absolute atomic E-state index is 13.4. The van der Waals surface area contributed by atoms with E-state index in [-0.39, 0.29) is 5.91 Å². The van der Waals surface area contributed by atoms with Crippen molar-refractivity contribution in [1.29, 1.82) is 0 Å². The molecule has 0 aliphatic heterocycles. The van der Waals surface area contributed by atoms with Gasteiger partial charge in [-0.1, -0.05) is 42.8 Å². The number of anilines is 1. The molecule has 1 aromatic heterocycles. The molecule has 4 aromatic rings. The molecule has 4 rings (SSSR count). The van der Waals surface area contributed by atoms with Gasteiger partial charge < -0.3 is 14.6 Å². The Kier molecular flexibility index (Phi) is 6.01. The molecule has 1 amide bonds. The number of rotatable bonds is 6. The van der Waals surface area contributed by atoms with Crippen LogP contribution in [0.4, 0.5) is 5.69 Å². The zero-order valence-electron chi connectivity index (χ0n) is 17.9. The van der Waals surface area contributed by atoms with Crippen molar-refractivity contribution < 1.29 is 9.53 Å². The minimum atomic E-state index is -0.186. The fourth-order valence-electron chi connectivity index (χ4n) is 3.90. The van der Waals surface area contributed by atoms with Gasteiger partial charge in [0.25, 0.3) is 5.91 Å². The van der Waals surface area contributed by atoms with E-state index in [1.54, 1.807) is 18.2 Å². The number of hydrogen-bond acceptors (Lipinski definition) is 2. The van der Waals surface area contributed by atoms with Crippen LogP contribution in [-0.4, -0.2) is 10.5 Å². The Morgan fingerprint density at radius 2 is 1.81 bits per heavy atom. The normalized spacial score (nSPS) is 11.0. The fourth-order valence-corrected chi connectivity index (χ4v) is 4.07. The number of para-hydroxylation sites is 1. The maximum Gasteiger partial charge on any atom is 0.272 e. The molecule has 0 bridgehead atoms. The van der Waals surface area contributed by atoms with Crippen LogP contribution in [0.1, 0.15) is 35.5 Å². The molecule has 0 aliphatic rings. The number of aryl methyl sites for hydroxylation is 3. The van der Waals surface area contributed by atoms with Gasteiger partial charge in [0.1, 0.15) is 11.4 Å². The quantitative estimate of drug-likeness (QED) is 0.349. The first-order valence-corrected chi connectivity index (χ1v) is 10.8. The summed E-state index contributed by atoms with van der Waals surface area (Å²) in [7, 11) is 0. The topological polar surface area (TPSA) is 43.3 Å². The third kappa shape index (κ3) is 4.17. The number of halogens is 1. The third-order valence-corrected chi connectivity index (χ3v) is 5.72. The Morgan fingerprint density at radius 1 is 1.03 bits per heavy atom. The highest BCUT2D eigenvalue weighted by molar-refractivity contribution is 6.31. The third-order valence-electron chi connectivity index (χ3n) is 5.48. The van der Waals surface area contributed by atoms with Gasteiger partial charge in [0.05, 0.1) is 5.69 Å². The van der Waals surface area contributed by atoms with Gasteiger partial charge in [-0.05, 0) is 73.9 Å². The molecule has 1 N–H and O–H groups in total. The molecule has 0 spiro atoms. The number of carbonyl (C=O) groups is 1. The highest BCUT2D eigenvalue weighted by Crippen LogP contribution is 2.33. The number of nitrogens with zero attached hydrogens (tertiary/aromatic N) is 1. The lowest BCUT2D eigenvalue weighted by molar-refractivity contribution is 0.101. The molecule has 5 heteroatoms. The van der Waals surface area contributed by atoms with E-state index in [2.05, 4.69) is 35.0 Å². The summed E-state index contributed by atoms with van der Waals surface area (Å²) in [5.41, 5.74) is 4.47. The summed E-state index contributed by atoms with van der Waals surface area (Å²) >= 11 is 6.22. The molecule has 0 radical (unpaired) electrons. The van der Waals surface area contributed by atoms with Crippen LogP contribution in [0.3, 0.4) is 0 Å². The average Bonchev–Trinajstić information content (AvgIpc) is 3.07. The molecule has 158 valence electrons. The summed E-state index contributed by atoms with van der Waals surface area (Å²) in [6, 6.07) is 21.1. The van der Waals surface area contributed by atoms with Crippen molar-refractivity contribution in [3.63, 3.8) is 0 Å². The SMILES string of the molecule is CCc1ccc2c(c1)c(C)c(C(=O)Nc1cc(Cl)ccc1Oc1ccccc1)n2CC. The van der Waals surface area contributed by atoms with Crippen LogP contribution < -0.4 is 10.1 Å². The number of aromatic nitrogens is 1. The predicted octanol–water partition coefficient (Wildman–Crippen LogP) is 7.23. The number of ether oxygens (including phenoxy) is 1. The van der Waals surface area contributed by atoms with E-state index < -0.39 is 0 Å². The van der Waals surface area contributed by atoms with Gasteiger partial charge in [0.2, 0.25) is 0 Å². The number of nitrogens with one attached hydrogen (secondary N) is 1. The molecule has 0 saturated heterocycles. The Labute approximate surface area is 187 Å². The number of fused-ring (bicyclic) bond motifs is 1. The first-order chi connectivity index (χ1) is 15.0. The van der Waals surface area contributed by atoms with Crippen LogP contribution in [0.15, 0.2) is 66.7 Å². The second-order valence-electron chi connectivity index (χ2n) is 7.43. The van der Waals surface area contributed by atoms with Gasteiger partial charge >= 0.3 is 0 Å². The van der Waals surface area contributed by atoms with Crippen molar-refractivity contribution in [2.45, 2.75) is 33.7 Å². The molecule has 0 aliphatic carbocycles. The fraction of sp³-hybridized carbons (Fsp3) is 0.192. The molecule has 0 atom stereocenters. The van der Waals surface area contributed by atoms with Crippen LogP contribution in [0.5, 0.6) is 11.5 Å². The van der Waals surface area contributed by atoms with Crippen molar-refractivity contribution >= 4 is 34.1 Å². The van der Waals surface area contributed by atoms with Gasteiger partial charge in [0, 0.05) is 22.5 Å². The minimum Gasteiger partial charge on any atom is -0.455 e. The molecule has 4 nitrogen and oxygen atoms in total. The van der Waals surface area contributed by atoms with E-state index in [1.807, 2.05) is 44.2 Å². The summed E-state index contributed by atoms with van der Waals surface area (Å²) < 4.78 is 8.05. The summed E-state index contributed by atoms with van der Waals surface area (Å²) in [4.78, 5) is 13.4. The van der Waals surface area contributed by atoms with Gasteiger partial charge in [-0.25, -0.2) is 0 Å².